The number of aromatic nitrogens is 4. The number of ether oxygens (including phenoxy) is 2. The van der Waals surface area contributed by atoms with Crippen molar-refractivity contribution < 1.29 is 14.4 Å². The van der Waals surface area contributed by atoms with Gasteiger partial charge in [0.1, 0.15) is 6.54 Å². The summed E-state index contributed by atoms with van der Waals surface area (Å²) in [4.78, 5) is 5.52. The number of nitrogens with zero attached hydrogens (tertiary/aromatic N) is 4. The summed E-state index contributed by atoms with van der Waals surface area (Å²) in [5, 5.41) is 4.84. The SMILES string of the molecule is CCn1c(-c2ccncc2)nn(C[NH+]2CCc3cc(OC)c(OC)cc3C2)c1=S. The van der Waals surface area contributed by atoms with E-state index in [1.807, 2.05) is 16.8 Å². The predicted octanol–water partition coefficient (Wildman–Crippen LogP) is 2.11. The zero-order valence-corrected chi connectivity index (χ0v) is 17.8. The minimum Gasteiger partial charge on any atom is -0.493 e. The molecule has 1 aromatic carbocycles. The number of nitrogens with one attached hydrogen (secondary N) is 1. The number of hydrogen-bond acceptors (Lipinski definition) is 5. The van der Waals surface area contributed by atoms with E-state index in [4.69, 9.17) is 26.8 Å². The van der Waals surface area contributed by atoms with Gasteiger partial charge in [0.15, 0.2) is 24.0 Å². The van der Waals surface area contributed by atoms with Gasteiger partial charge in [-0.25, -0.2) is 0 Å². The van der Waals surface area contributed by atoms with Crippen molar-refractivity contribution in [2.24, 2.45) is 0 Å². The molecule has 152 valence electrons. The minimum absolute atomic E-state index is 0.734. The van der Waals surface area contributed by atoms with Crippen molar-refractivity contribution in [3.8, 4) is 22.9 Å². The van der Waals surface area contributed by atoms with Crippen LogP contribution in [0.4, 0.5) is 0 Å². The van der Waals surface area contributed by atoms with Gasteiger partial charge in [0.25, 0.3) is 0 Å². The summed E-state index contributed by atoms with van der Waals surface area (Å²) in [5.74, 6) is 2.46. The number of pyridine rings is 1. The topological polar surface area (TPSA) is 58.5 Å². The molecule has 0 fully saturated rings. The summed E-state index contributed by atoms with van der Waals surface area (Å²) in [7, 11) is 3.35. The van der Waals surface area contributed by atoms with Crippen LogP contribution in [0, 0.1) is 4.77 Å². The first kappa shape index (κ1) is 19.6. The van der Waals surface area contributed by atoms with Crippen LogP contribution in [0.25, 0.3) is 11.4 Å². The molecule has 4 rings (SSSR count). The molecule has 0 radical (unpaired) electrons. The minimum atomic E-state index is 0.734. The molecule has 1 aliphatic heterocycles. The third kappa shape index (κ3) is 3.77. The summed E-state index contributed by atoms with van der Waals surface area (Å²) < 4.78 is 15.7. The van der Waals surface area contributed by atoms with Crippen LogP contribution in [0.3, 0.4) is 0 Å². The van der Waals surface area contributed by atoms with Gasteiger partial charge in [0.2, 0.25) is 4.77 Å². The van der Waals surface area contributed by atoms with Crippen LogP contribution in [-0.2, 0) is 26.2 Å². The Bertz CT molecular complexity index is 1060. The van der Waals surface area contributed by atoms with Crippen molar-refractivity contribution in [1.82, 2.24) is 19.3 Å². The number of benzene rings is 1. The van der Waals surface area contributed by atoms with E-state index in [0.29, 0.717) is 0 Å². The quantitative estimate of drug-likeness (QED) is 0.629. The molecule has 3 aromatic rings. The maximum Gasteiger partial charge on any atom is 0.203 e. The second-order valence-corrected chi connectivity index (χ2v) is 7.51. The van der Waals surface area contributed by atoms with Crippen LogP contribution in [0.1, 0.15) is 18.1 Å². The Morgan fingerprint density at radius 2 is 1.79 bits per heavy atom. The molecule has 2 aromatic heterocycles. The number of fused-ring (bicyclic) bond motifs is 1. The molecular formula is C21H26N5O2S+. The van der Waals surface area contributed by atoms with Gasteiger partial charge in [-0.05, 0) is 49.0 Å². The molecule has 0 saturated carbocycles. The van der Waals surface area contributed by atoms with Crippen LogP contribution in [-0.4, -0.2) is 40.1 Å². The van der Waals surface area contributed by atoms with Crippen LogP contribution in [0.5, 0.6) is 11.5 Å². The second-order valence-electron chi connectivity index (χ2n) is 7.15. The molecule has 7 nitrogen and oxygen atoms in total. The van der Waals surface area contributed by atoms with Gasteiger partial charge in [-0.3, -0.25) is 4.98 Å². The maximum absolute atomic E-state index is 5.73. The molecule has 8 heteroatoms. The van der Waals surface area contributed by atoms with E-state index in [0.717, 1.165) is 60.4 Å². The van der Waals surface area contributed by atoms with Gasteiger partial charge < -0.3 is 18.9 Å². The first-order chi connectivity index (χ1) is 14.1. The summed E-state index contributed by atoms with van der Waals surface area (Å²) in [6, 6.07) is 8.14. The average Bonchev–Trinajstić information content (AvgIpc) is 3.08. The van der Waals surface area contributed by atoms with Crippen molar-refractivity contribution in [3.63, 3.8) is 0 Å². The Morgan fingerprint density at radius 3 is 2.45 bits per heavy atom. The lowest BCUT2D eigenvalue weighted by Crippen LogP contribution is -3.11. The molecule has 29 heavy (non-hydrogen) atoms. The second kappa shape index (κ2) is 8.34. The third-order valence-corrected chi connectivity index (χ3v) is 5.88. The Kier molecular flexibility index (Phi) is 5.64. The smallest absolute Gasteiger partial charge is 0.203 e. The van der Waals surface area contributed by atoms with E-state index in [9.17, 15) is 0 Å². The van der Waals surface area contributed by atoms with Crippen molar-refractivity contribution in [2.75, 3.05) is 20.8 Å². The van der Waals surface area contributed by atoms with E-state index in [-0.39, 0.29) is 0 Å². The molecule has 1 N–H and O–H groups in total. The third-order valence-electron chi connectivity index (χ3n) is 5.45. The van der Waals surface area contributed by atoms with Crippen LogP contribution in [0.2, 0.25) is 0 Å². The van der Waals surface area contributed by atoms with E-state index in [1.54, 1.807) is 26.6 Å². The summed E-state index contributed by atoms with van der Waals surface area (Å²) in [5.41, 5.74) is 3.65. The number of rotatable bonds is 6. The number of quaternary nitrogens is 1. The van der Waals surface area contributed by atoms with Gasteiger partial charge in [0.05, 0.1) is 20.8 Å². The summed E-state index contributed by atoms with van der Waals surface area (Å²) >= 11 is 5.73. The summed E-state index contributed by atoms with van der Waals surface area (Å²) in [6.45, 7) is 5.54. The fourth-order valence-corrected chi connectivity index (χ4v) is 4.24. The number of hydrogen-bond donors (Lipinski definition) is 1. The molecule has 0 saturated heterocycles. The Labute approximate surface area is 175 Å². The summed E-state index contributed by atoms with van der Waals surface area (Å²) in [6.07, 6.45) is 4.56. The molecule has 1 aliphatic rings. The first-order valence-corrected chi connectivity index (χ1v) is 10.2. The van der Waals surface area contributed by atoms with Gasteiger partial charge in [-0.1, -0.05) is 0 Å². The molecule has 3 heterocycles. The van der Waals surface area contributed by atoms with Gasteiger partial charge in [-0.2, -0.15) is 4.68 Å². The van der Waals surface area contributed by atoms with Crippen molar-refractivity contribution >= 4 is 12.2 Å². The first-order valence-electron chi connectivity index (χ1n) is 9.80. The van der Waals surface area contributed by atoms with E-state index in [1.165, 1.54) is 16.0 Å². The lowest BCUT2D eigenvalue weighted by molar-refractivity contribution is -0.939. The Hall–Kier alpha value is -2.71. The molecule has 0 aliphatic carbocycles. The van der Waals surface area contributed by atoms with Crippen LogP contribution in [0.15, 0.2) is 36.7 Å². The monoisotopic (exact) mass is 412 g/mol. The fourth-order valence-electron chi connectivity index (χ4n) is 3.92. The van der Waals surface area contributed by atoms with Crippen LogP contribution < -0.4 is 14.4 Å². The Morgan fingerprint density at radius 1 is 1.10 bits per heavy atom. The van der Waals surface area contributed by atoms with E-state index >= 15 is 0 Å². The lowest BCUT2D eigenvalue weighted by Gasteiger charge is -2.26. The highest BCUT2D eigenvalue weighted by atomic mass is 32.1. The standard InChI is InChI=1S/C21H25N5O2S/c1-4-25-20(15-5-8-22-9-6-15)23-26(21(25)29)14-24-10-7-16-11-18(27-2)19(28-3)12-17(16)13-24/h5-6,8-9,11-12H,4,7,10,13-14H2,1-3H3/p+1. The van der Waals surface area contributed by atoms with Gasteiger partial charge in [0, 0.05) is 36.5 Å². The zero-order valence-electron chi connectivity index (χ0n) is 17.0. The highest BCUT2D eigenvalue weighted by molar-refractivity contribution is 7.71. The highest BCUT2D eigenvalue weighted by Gasteiger charge is 2.23. The van der Waals surface area contributed by atoms with E-state index in [2.05, 4.69) is 28.6 Å². The normalized spacial score (nSPS) is 15.8. The molecule has 1 atom stereocenters. The maximum atomic E-state index is 5.73. The van der Waals surface area contributed by atoms with Crippen molar-refractivity contribution in [3.05, 3.63) is 52.6 Å². The van der Waals surface area contributed by atoms with Crippen LogP contribution >= 0.6 is 12.2 Å². The van der Waals surface area contributed by atoms with E-state index < -0.39 is 0 Å². The zero-order chi connectivity index (χ0) is 20.4. The molecule has 0 amide bonds. The fraction of sp³-hybridized carbons (Fsp3) is 0.381. The molecule has 0 bridgehead atoms. The lowest BCUT2D eigenvalue weighted by atomic mass is 9.99. The highest BCUT2D eigenvalue weighted by Crippen LogP contribution is 2.31. The van der Waals surface area contributed by atoms with Crippen molar-refractivity contribution in [1.29, 1.82) is 0 Å². The van der Waals surface area contributed by atoms with Gasteiger partial charge in [-0.15, -0.1) is 5.10 Å². The predicted molar refractivity (Wildman–Crippen MR) is 113 cm³/mol. The largest absolute Gasteiger partial charge is 0.493 e. The average molecular weight is 413 g/mol. The van der Waals surface area contributed by atoms with Gasteiger partial charge >= 0.3 is 0 Å². The Balaban J connectivity index is 1.60. The molecular weight excluding hydrogens is 386 g/mol. The van der Waals surface area contributed by atoms with Crippen molar-refractivity contribution in [2.45, 2.75) is 33.1 Å². The molecule has 1 unspecified atom stereocenters. The number of methoxy groups -OCH3 is 2. The molecule has 0 spiro atoms.